The Labute approximate surface area is 88.3 Å². The Balaban J connectivity index is 4.48. The van der Waals surface area contributed by atoms with E-state index in [9.17, 15) is 9.59 Å². The summed E-state index contributed by atoms with van der Waals surface area (Å²) in [6, 6.07) is 0. The average Bonchev–Trinajstić information content (AvgIpc) is 2.27. The van der Waals surface area contributed by atoms with Gasteiger partial charge in [-0.25, -0.2) is 9.59 Å². The van der Waals surface area contributed by atoms with Crippen molar-refractivity contribution in [2.75, 3.05) is 20.8 Å². The second kappa shape index (κ2) is 7.61. The smallest absolute Gasteiger partial charge is 0.348 e. The fourth-order valence-electron chi connectivity index (χ4n) is 0.683. The molecule has 0 aliphatic carbocycles. The maximum atomic E-state index is 11.1. The van der Waals surface area contributed by atoms with Crippen molar-refractivity contribution >= 4 is 11.9 Å². The third-order valence-corrected chi connectivity index (χ3v) is 1.44. The molecule has 15 heavy (non-hydrogen) atoms. The summed E-state index contributed by atoms with van der Waals surface area (Å²) >= 11 is 0. The highest BCUT2D eigenvalue weighted by molar-refractivity contribution is 6.13. The van der Waals surface area contributed by atoms with Gasteiger partial charge in [0.25, 0.3) is 0 Å². The highest BCUT2D eigenvalue weighted by atomic mass is 16.5. The van der Waals surface area contributed by atoms with Gasteiger partial charge in [-0.3, -0.25) is 0 Å². The summed E-state index contributed by atoms with van der Waals surface area (Å²) in [7, 11) is 2.34. The van der Waals surface area contributed by atoms with Crippen molar-refractivity contribution in [3.63, 3.8) is 0 Å². The van der Waals surface area contributed by atoms with Crippen LogP contribution in [0.1, 0.15) is 6.92 Å². The SMILES string of the molecule is CC=CCOC=C(C(=O)OC)C(=O)OC. The molecule has 84 valence electrons. The van der Waals surface area contributed by atoms with E-state index in [1.54, 1.807) is 12.2 Å². The van der Waals surface area contributed by atoms with Crippen LogP contribution in [-0.2, 0) is 23.8 Å². The molecule has 0 aliphatic heterocycles. The number of hydrogen-bond acceptors (Lipinski definition) is 5. The van der Waals surface area contributed by atoms with E-state index in [-0.39, 0.29) is 12.2 Å². The van der Waals surface area contributed by atoms with E-state index in [0.717, 1.165) is 6.26 Å². The minimum Gasteiger partial charge on any atom is -0.496 e. The normalized spacial score (nSPS) is 9.53. The number of rotatable bonds is 5. The zero-order valence-corrected chi connectivity index (χ0v) is 8.98. The van der Waals surface area contributed by atoms with Gasteiger partial charge < -0.3 is 14.2 Å². The maximum Gasteiger partial charge on any atom is 0.348 e. The van der Waals surface area contributed by atoms with Crippen molar-refractivity contribution in [3.8, 4) is 0 Å². The lowest BCUT2D eigenvalue weighted by Gasteiger charge is -2.03. The maximum absolute atomic E-state index is 11.1. The van der Waals surface area contributed by atoms with Crippen LogP contribution in [0.2, 0.25) is 0 Å². The summed E-state index contributed by atoms with van der Waals surface area (Å²) in [6.07, 6.45) is 4.53. The van der Waals surface area contributed by atoms with Crippen LogP contribution in [0.3, 0.4) is 0 Å². The van der Waals surface area contributed by atoms with Crippen molar-refractivity contribution in [2.24, 2.45) is 0 Å². The Bertz CT molecular complexity index is 260. The first kappa shape index (κ1) is 13.2. The lowest BCUT2D eigenvalue weighted by atomic mass is 10.3. The molecule has 0 rings (SSSR count). The van der Waals surface area contributed by atoms with Gasteiger partial charge in [0.2, 0.25) is 0 Å². The van der Waals surface area contributed by atoms with Gasteiger partial charge in [0, 0.05) is 0 Å². The number of methoxy groups -OCH3 is 2. The Kier molecular flexibility index (Phi) is 6.70. The molecule has 0 aromatic rings. The minimum absolute atomic E-state index is 0.272. The quantitative estimate of drug-likeness (QED) is 0.129. The van der Waals surface area contributed by atoms with Gasteiger partial charge in [0.1, 0.15) is 12.9 Å². The van der Waals surface area contributed by atoms with Crippen LogP contribution >= 0.6 is 0 Å². The summed E-state index contributed by atoms with van der Waals surface area (Å²) in [4.78, 5) is 22.2. The lowest BCUT2D eigenvalue weighted by Crippen LogP contribution is -2.16. The minimum atomic E-state index is -0.790. The lowest BCUT2D eigenvalue weighted by molar-refractivity contribution is -0.144. The van der Waals surface area contributed by atoms with Gasteiger partial charge in [-0.15, -0.1) is 0 Å². The summed E-state index contributed by atoms with van der Waals surface area (Å²) in [5.74, 6) is -1.58. The van der Waals surface area contributed by atoms with Crippen molar-refractivity contribution in [1.82, 2.24) is 0 Å². The second-order valence-electron chi connectivity index (χ2n) is 2.42. The van der Waals surface area contributed by atoms with E-state index in [2.05, 4.69) is 9.47 Å². The fourth-order valence-corrected chi connectivity index (χ4v) is 0.683. The molecule has 0 fully saturated rings. The fraction of sp³-hybridized carbons (Fsp3) is 0.400. The predicted molar refractivity (Wildman–Crippen MR) is 52.9 cm³/mol. The van der Waals surface area contributed by atoms with Gasteiger partial charge in [-0.1, -0.05) is 12.2 Å². The molecule has 0 atom stereocenters. The monoisotopic (exact) mass is 214 g/mol. The molecule has 0 amide bonds. The number of ether oxygens (including phenoxy) is 3. The molecule has 0 heterocycles. The zero-order valence-electron chi connectivity index (χ0n) is 8.98. The van der Waals surface area contributed by atoms with Crippen molar-refractivity contribution in [2.45, 2.75) is 6.92 Å². The highest BCUT2D eigenvalue weighted by Gasteiger charge is 2.20. The number of allylic oxidation sites excluding steroid dienone is 1. The Morgan fingerprint density at radius 1 is 1.13 bits per heavy atom. The van der Waals surface area contributed by atoms with Gasteiger partial charge in [-0.2, -0.15) is 0 Å². The van der Waals surface area contributed by atoms with E-state index in [1.807, 2.05) is 6.92 Å². The van der Waals surface area contributed by atoms with Crippen LogP contribution in [0.5, 0.6) is 0 Å². The molecule has 0 bridgehead atoms. The first-order valence-electron chi connectivity index (χ1n) is 4.26. The molecule has 0 spiro atoms. The molecule has 0 radical (unpaired) electrons. The Morgan fingerprint density at radius 3 is 2.07 bits per heavy atom. The molecule has 0 aromatic heterocycles. The second-order valence-corrected chi connectivity index (χ2v) is 2.42. The van der Waals surface area contributed by atoms with Gasteiger partial charge in [0.15, 0.2) is 5.57 Å². The molecule has 0 unspecified atom stereocenters. The van der Waals surface area contributed by atoms with Crippen LogP contribution < -0.4 is 0 Å². The third-order valence-electron chi connectivity index (χ3n) is 1.44. The number of hydrogen-bond donors (Lipinski definition) is 0. The summed E-state index contributed by atoms with van der Waals surface area (Å²) < 4.78 is 13.7. The van der Waals surface area contributed by atoms with Crippen LogP contribution in [0.15, 0.2) is 24.0 Å². The number of carbonyl (C=O) groups is 2. The molecule has 0 aromatic carbocycles. The molecular weight excluding hydrogens is 200 g/mol. The molecule has 0 saturated carbocycles. The Hall–Kier alpha value is -1.78. The zero-order chi connectivity index (χ0) is 11.7. The molecule has 0 aliphatic rings. The summed E-state index contributed by atoms with van der Waals surface area (Å²) in [5.41, 5.74) is -0.274. The van der Waals surface area contributed by atoms with Gasteiger partial charge >= 0.3 is 11.9 Å². The molecule has 5 nitrogen and oxygen atoms in total. The Morgan fingerprint density at radius 2 is 1.67 bits per heavy atom. The number of carbonyl (C=O) groups excluding carboxylic acids is 2. The summed E-state index contributed by atoms with van der Waals surface area (Å²) in [6.45, 7) is 2.10. The molecular formula is C10H14O5. The van der Waals surface area contributed by atoms with Crippen LogP contribution in [-0.4, -0.2) is 32.8 Å². The topological polar surface area (TPSA) is 61.8 Å². The van der Waals surface area contributed by atoms with Crippen LogP contribution in [0.25, 0.3) is 0 Å². The largest absolute Gasteiger partial charge is 0.496 e. The van der Waals surface area contributed by atoms with Crippen LogP contribution in [0, 0.1) is 0 Å². The molecule has 0 saturated heterocycles. The van der Waals surface area contributed by atoms with Gasteiger partial charge in [-0.05, 0) is 6.92 Å². The molecule has 0 N–H and O–H groups in total. The third kappa shape index (κ3) is 4.85. The highest BCUT2D eigenvalue weighted by Crippen LogP contribution is 2.01. The average molecular weight is 214 g/mol. The first-order valence-corrected chi connectivity index (χ1v) is 4.26. The van der Waals surface area contributed by atoms with Crippen molar-refractivity contribution < 1.29 is 23.8 Å². The van der Waals surface area contributed by atoms with E-state index in [4.69, 9.17) is 4.74 Å². The van der Waals surface area contributed by atoms with Crippen LogP contribution in [0.4, 0.5) is 0 Å². The van der Waals surface area contributed by atoms with Crippen molar-refractivity contribution in [3.05, 3.63) is 24.0 Å². The van der Waals surface area contributed by atoms with E-state index >= 15 is 0 Å². The van der Waals surface area contributed by atoms with Crippen molar-refractivity contribution in [1.29, 1.82) is 0 Å². The van der Waals surface area contributed by atoms with Gasteiger partial charge in [0.05, 0.1) is 14.2 Å². The van der Waals surface area contributed by atoms with E-state index in [1.165, 1.54) is 14.2 Å². The number of esters is 2. The predicted octanol–water partition coefficient (Wildman–Crippen LogP) is 0.809. The molecule has 5 heteroatoms. The van der Waals surface area contributed by atoms with E-state index in [0.29, 0.717) is 0 Å². The standard InChI is InChI=1S/C10H14O5/c1-4-5-6-15-7-8(9(11)13-2)10(12)14-3/h4-5,7H,6H2,1-3H3. The van der Waals surface area contributed by atoms with E-state index < -0.39 is 11.9 Å². The summed E-state index contributed by atoms with van der Waals surface area (Å²) in [5, 5.41) is 0. The first-order chi connectivity index (χ1) is 7.17.